The largest absolute Gasteiger partial charge is 0.496 e. The molecule has 0 aliphatic carbocycles. The number of aryl methyl sites for hydroxylation is 1. The first-order chi connectivity index (χ1) is 10.6. The SMILES string of the molecule is COc1cc(-c2ccc(C)c3ccccc23)ccc1C(=O)O. The highest BCUT2D eigenvalue weighted by molar-refractivity contribution is 5.99. The van der Waals surface area contributed by atoms with Gasteiger partial charge in [-0.25, -0.2) is 4.79 Å². The minimum atomic E-state index is -0.989. The van der Waals surface area contributed by atoms with Crippen molar-refractivity contribution in [2.24, 2.45) is 0 Å². The number of hydrogen-bond acceptors (Lipinski definition) is 2. The lowest BCUT2D eigenvalue weighted by atomic mass is 9.95. The Morgan fingerprint density at radius 2 is 1.73 bits per heavy atom. The van der Waals surface area contributed by atoms with Crippen LogP contribution in [0.15, 0.2) is 54.6 Å². The molecule has 3 rings (SSSR count). The number of hydrogen-bond donors (Lipinski definition) is 1. The lowest BCUT2D eigenvalue weighted by Gasteiger charge is -2.12. The Labute approximate surface area is 128 Å². The zero-order chi connectivity index (χ0) is 15.7. The van der Waals surface area contributed by atoms with E-state index in [4.69, 9.17) is 4.74 Å². The Balaban J connectivity index is 2.24. The number of aromatic carboxylic acids is 1. The molecule has 0 aromatic heterocycles. The molecular weight excluding hydrogens is 276 g/mol. The molecule has 0 aliphatic rings. The van der Waals surface area contributed by atoms with E-state index in [1.54, 1.807) is 12.1 Å². The van der Waals surface area contributed by atoms with Gasteiger partial charge in [-0.1, -0.05) is 42.5 Å². The van der Waals surface area contributed by atoms with Gasteiger partial charge in [0.2, 0.25) is 0 Å². The third kappa shape index (κ3) is 2.31. The summed E-state index contributed by atoms with van der Waals surface area (Å²) in [5.74, 6) is -0.619. The Morgan fingerprint density at radius 1 is 1.00 bits per heavy atom. The molecule has 0 unspecified atom stereocenters. The van der Waals surface area contributed by atoms with Gasteiger partial charge in [0.25, 0.3) is 0 Å². The van der Waals surface area contributed by atoms with Crippen molar-refractivity contribution in [3.63, 3.8) is 0 Å². The molecule has 0 saturated carbocycles. The van der Waals surface area contributed by atoms with Gasteiger partial charge in [0.1, 0.15) is 11.3 Å². The zero-order valence-electron chi connectivity index (χ0n) is 12.5. The van der Waals surface area contributed by atoms with Gasteiger partial charge >= 0.3 is 5.97 Å². The van der Waals surface area contributed by atoms with E-state index in [1.165, 1.54) is 18.1 Å². The zero-order valence-corrected chi connectivity index (χ0v) is 12.5. The molecular formula is C19H16O3. The van der Waals surface area contributed by atoms with Crippen LogP contribution in [0.5, 0.6) is 5.75 Å². The molecule has 0 fully saturated rings. The second-order valence-corrected chi connectivity index (χ2v) is 5.20. The van der Waals surface area contributed by atoms with Gasteiger partial charge in [0.05, 0.1) is 7.11 Å². The van der Waals surface area contributed by atoms with Crippen molar-refractivity contribution in [1.82, 2.24) is 0 Å². The Morgan fingerprint density at radius 3 is 2.41 bits per heavy atom. The molecule has 0 atom stereocenters. The molecule has 3 heteroatoms. The fraction of sp³-hybridized carbons (Fsp3) is 0.105. The summed E-state index contributed by atoms with van der Waals surface area (Å²) in [5.41, 5.74) is 3.39. The lowest BCUT2D eigenvalue weighted by Crippen LogP contribution is -2.00. The predicted octanol–water partition coefficient (Wildman–Crippen LogP) is 4.52. The maximum atomic E-state index is 11.2. The summed E-state index contributed by atoms with van der Waals surface area (Å²) in [6.45, 7) is 2.08. The van der Waals surface area contributed by atoms with Crippen molar-refractivity contribution in [2.75, 3.05) is 7.11 Å². The smallest absolute Gasteiger partial charge is 0.339 e. The predicted molar refractivity (Wildman–Crippen MR) is 87.6 cm³/mol. The third-order valence-electron chi connectivity index (χ3n) is 3.89. The highest BCUT2D eigenvalue weighted by atomic mass is 16.5. The third-order valence-corrected chi connectivity index (χ3v) is 3.89. The summed E-state index contributed by atoms with van der Waals surface area (Å²) < 4.78 is 5.22. The van der Waals surface area contributed by atoms with Crippen molar-refractivity contribution < 1.29 is 14.6 Å². The standard InChI is InChI=1S/C19H16O3/c1-12-7-9-15(16-6-4-3-5-14(12)16)13-8-10-17(19(20)21)18(11-13)22-2/h3-11H,1-2H3,(H,20,21). The molecule has 3 nitrogen and oxygen atoms in total. The van der Waals surface area contributed by atoms with E-state index in [1.807, 2.05) is 18.2 Å². The van der Waals surface area contributed by atoms with Crippen molar-refractivity contribution in [3.05, 3.63) is 65.7 Å². The van der Waals surface area contributed by atoms with Crippen LogP contribution in [0.4, 0.5) is 0 Å². The number of benzene rings is 3. The molecule has 0 amide bonds. The average Bonchev–Trinajstić information content (AvgIpc) is 2.55. The Kier molecular flexibility index (Phi) is 3.55. The van der Waals surface area contributed by atoms with Gasteiger partial charge in [0, 0.05) is 0 Å². The van der Waals surface area contributed by atoms with Crippen LogP contribution in [0.2, 0.25) is 0 Å². The number of methoxy groups -OCH3 is 1. The van der Waals surface area contributed by atoms with Crippen LogP contribution in [0, 0.1) is 6.92 Å². The topological polar surface area (TPSA) is 46.5 Å². The molecule has 0 aliphatic heterocycles. The van der Waals surface area contributed by atoms with Gasteiger partial charge in [-0.3, -0.25) is 0 Å². The maximum Gasteiger partial charge on any atom is 0.339 e. The van der Waals surface area contributed by atoms with Crippen molar-refractivity contribution in [1.29, 1.82) is 0 Å². The van der Waals surface area contributed by atoms with Crippen LogP contribution in [0.25, 0.3) is 21.9 Å². The van der Waals surface area contributed by atoms with Crippen molar-refractivity contribution in [3.8, 4) is 16.9 Å². The van der Waals surface area contributed by atoms with Gasteiger partial charge in [-0.15, -0.1) is 0 Å². The molecule has 0 heterocycles. The molecule has 22 heavy (non-hydrogen) atoms. The first-order valence-corrected chi connectivity index (χ1v) is 7.02. The number of carboxylic acid groups (broad SMARTS) is 1. The van der Waals surface area contributed by atoms with E-state index in [9.17, 15) is 9.90 Å². The Hall–Kier alpha value is -2.81. The van der Waals surface area contributed by atoms with Gasteiger partial charge in [-0.2, -0.15) is 0 Å². The summed E-state index contributed by atoms with van der Waals surface area (Å²) in [6.07, 6.45) is 0. The van der Waals surface area contributed by atoms with Crippen molar-refractivity contribution >= 4 is 16.7 Å². The minimum Gasteiger partial charge on any atom is -0.496 e. The summed E-state index contributed by atoms with van der Waals surface area (Å²) in [6, 6.07) is 17.5. The quantitative estimate of drug-likeness (QED) is 0.772. The molecule has 3 aromatic rings. The second kappa shape index (κ2) is 5.53. The summed E-state index contributed by atoms with van der Waals surface area (Å²) in [4.78, 5) is 11.2. The van der Waals surface area contributed by atoms with E-state index in [2.05, 4.69) is 31.2 Å². The van der Waals surface area contributed by atoms with Crippen molar-refractivity contribution in [2.45, 2.75) is 6.92 Å². The van der Waals surface area contributed by atoms with Gasteiger partial charge < -0.3 is 9.84 Å². The van der Waals surface area contributed by atoms with Crippen LogP contribution >= 0.6 is 0 Å². The van der Waals surface area contributed by atoms with E-state index >= 15 is 0 Å². The first-order valence-electron chi connectivity index (χ1n) is 7.02. The van der Waals surface area contributed by atoms with Crippen LogP contribution in [-0.4, -0.2) is 18.2 Å². The maximum absolute atomic E-state index is 11.2. The molecule has 1 N–H and O–H groups in total. The number of carbonyl (C=O) groups is 1. The van der Waals surface area contributed by atoms with E-state index in [0.717, 1.165) is 16.5 Å². The average molecular weight is 292 g/mol. The van der Waals surface area contributed by atoms with Crippen LogP contribution in [0.1, 0.15) is 15.9 Å². The summed E-state index contributed by atoms with van der Waals surface area (Å²) >= 11 is 0. The molecule has 110 valence electrons. The summed E-state index contributed by atoms with van der Waals surface area (Å²) in [7, 11) is 1.48. The van der Waals surface area contributed by atoms with E-state index in [-0.39, 0.29) is 5.56 Å². The fourth-order valence-corrected chi connectivity index (χ4v) is 2.74. The van der Waals surface area contributed by atoms with Crippen LogP contribution in [-0.2, 0) is 0 Å². The molecule has 0 bridgehead atoms. The number of carboxylic acids is 1. The number of ether oxygens (including phenoxy) is 1. The number of fused-ring (bicyclic) bond motifs is 1. The number of rotatable bonds is 3. The minimum absolute atomic E-state index is 0.169. The second-order valence-electron chi connectivity index (χ2n) is 5.20. The van der Waals surface area contributed by atoms with E-state index in [0.29, 0.717) is 5.75 Å². The highest BCUT2D eigenvalue weighted by Crippen LogP contribution is 2.33. The fourth-order valence-electron chi connectivity index (χ4n) is 2.74. The Bertz CT molecular complexity index is 866. The normalized spacial score (nSPS) is 10.6. The van der Waals surface area contributed by atoms with Gasteiger partial charge in [-0.05, 0) is 46.5 Å². The van der Waals surface area contributed by atoms with Gasteiger partial charge in [0.15, 0.2) is 0 Å². The highest BCUT2D eigenvalue weighted by Gasteiger charge is 2.13. The molecule has 3 aromatic carbocycles. The monoisotopic (exact) mass is 292 g/mol. The molecule has 0 spiro atoms. The molecule has 0 saturated heterocycles. The van der Waals surface area contributed by atoms with Crippen LogP contribution in [0.3, 0.4) is 0 Å². The van der Waals surface area contributed by atoms with Crippen LogP contribution < -0.4 is 4.74 Å². The van der Waals surface area contributed by atoms with E-state index < -0.39 is 5.97 Å². The molecule has 0 radical (unpaired) electrons. The lowest BCUT2D eigenvalue weighted by molar-refractivity contribution is 0.0693. The summed E-state index contributed by atoms with van der Waals surface area (Å²) in [5, 5.41) is 11.5. The first kappa shape index (κ1) is 14.1.